The fraction of sp³-hybridized carbons (Fsp3) is 0.368. The molecule has 2 aromatic heterocycles. The van der Waals surface area contributed by atoms with E-state index in [0.29, 0.717) is 16.5 Å². The quantitative estimate of drug-likeness (QED) is 0.386. The summed E-state index contributed by atoms with van der Waals surface area (Å²) in [6.07, 6.45) is -1.98. The number of ether oxygens (including phenoxy) is 1. The largest absolute Gasteiger partial charge is 0.386 e. The van der Waals surface area contributed by atoms with Gasteiger partial charge in [0.15, 0.2) is 11.7 Å². The van der Waals surface area contributed by atoms with E-state index in [1.807, 2.05) is 0 Å². The lowest BCUT2D eigenvalue weighted by Gasteiger charge is -2.29. The van der Waals surface area contributed by atoms with Crippen molar-refractivity contribution in [1.82, 2.24) is 20.0 Å². The Labute approximate surface area is 175 Å². The van der Waals surface area contributed by atoms with Crippen molar-refractivity contribution in [2.24, 2.45) is 5.10 Å². The summed E-state index contributed by atoms with van der Waals surface area (Å²) in [5, 5.41) is 37.2. The molecule has 3 heterocycles. The zero-order valence-electron chi connectivity index (χ0n) is 16.1. The van der Waals surface area contributed by atoms with Crippen LogP contribution in [-0.4, -0.2) is 54.7 Å². The Morgan fingerprint density at radius 1 is 1.43 bits per heavy atom. The Hall–Kier alpha value is -2.50. The first kappa shape index (κ1) is 20.8. The first-order valence-corrected chi connectivity index (χ1v) is 9.57. The molecule has 5 N–H and O–H groups in total. The molecule has 4 rings (SSSR count). The molecule has 1 aromatic carbocycles. The number of hydrogen-bond donors (Lipinski definition) is 5. The van der Waals surface area contributed by atoms with Gasteiger partial charge in [-0.1, -0.05) is 17.7 Å². The molecule has 0 aliphatic carbocycles. The summed E-state index contributed by atoms with van der Waals surface area (Å²) in [4.78, 5) is 7.12. The van der Waals surface area contributed by atoms with E-state index in [1.165, 1.54) is 25.4 Å². The van der Waals surface area contributed by atoms with Gasteiger partial charge in [0.05, 0.1) is 16.7 Å². The number of H-pyrrole nitrogens is 1. The van der Waals surface area contributed by atoms with Crippen LogP contribution in [0.1, 0.15) is 24.8 Å². The maximum Gasteiger partial charge on any atom is 0.184 e. The summed E-state index contributed by atoms with van der Waals surface area (Å²) in [6, 6.07) is 5.55. The molecular weight excluding hydrogens is 417 g/mol. The van der Waals surface area contributed by atoms with Crippen LogP contribution in [0.15, 0.2) is 41.9 Å². The van der Waals surface area contributed by atoms with Gasteiger partial charge in [-0.25, -0.2) is 9.37 Å². The Kier molecular flexibility index (Phi) is 5.28. The Morgan fingerprint density at radius 3 is 2.90 bits per heavy atom. The minimum absolute atomic E-state index is 0.0892. The average molecular weight is 438 g/mol. The molecule has 0 bridgehead atoms. The monoisotopic (exact) mass is 437 g/mol. The van der Waals surface area contributed by atoms with Gasteiger partial charge >= 0.3 is 0 Å². The van der Waals surface area contributed by atoms with Crippen molar-refractivity contribution < 1.29 is 24.4 Å². The van der Waals surface area contributed by atoms with Crippen LogP contribution < -0.4 is 10.9 Å². The van der Waals surface area contributed by atoms with Crippen molar-refractivity contribution in [2.75, 3.05) is 7.05 Å². The molecule has 1 aliphatic heterocycles. The molecule has 9 nitrogen and oxygen atoms in total. The molecule has 1 fully saturated rings. The number of benzene rings is 1. The van der Waals surface area contributed by atoms with Crippen LogP contribution in [0.3, 0.4) is 0 Å². The molecule has 0 saturated carbocycles. The van der Waals surface area contributed by atoms with E-state index in [2.05, 4.69) is 20.5 Å². The van der Waals surface area contributed by atoms with Crippen LogP contribution in [0.5, 0.6) is 0 Å². The number of aliphatic hydroxyl groups is 3. The fourth-order valence-electron chi connectivity index (χ4n) is 3.71. The van der Waals surface area contributed by atoms with E-state index >= 15 is 0 Å². The van der Waals surface area contributed by atoms with Crippen molar-refractivity contribution in [2.45, 2.75) is 37.1 Å². The standard InChI is InChI=1S/C19H21ClFN5O4/c1-19(29)14(28)18(26-6-5-10-16(25-22-2)23-8-24-17(10)26)30-15(19)13(27)9-3-4-11(20)12(21)7-9/h3-8,13-15,18,22,27-29H,1-2H3,(H,23,24,25)/t13-,14+,15-,18-,19+/m1/s1. The number of hydrogen-bond acceptors (Lipinski definition) is 7. The topological polar surface area (TPSA) is 128 Å². The van der Waals surface area contributed by atoms with Crippen molar-refractivity contribution in [3.05, 3.63) is 58.7 Å². The van der Waals surface area contributed by atoms with E-state index in [-0.39, 0.29) is 10.6 Å². The SMILES string of the molecule is CN/N=c1/nc[nH]c2c1ccn2[C@@H]1O[C@H]([C@H](O)c2ccc(Cl)c(F)c2)[C@@](C)(O)[C@H]1O. The lowest BCUT2D eigenvalue weighted by molar-refractivity contribution is -0.115. The lowest BCUT2D eigenvalue weighted by atomic mass is 9.88. The smallest absolute Gasteiger partial charge is 0.184 e. The lowest BCUT2D eigenvalue weighted by Crippen LogP contribution is -2.47. The third-order valence-corrected chi connectivity index (χ3v) is 5.65. The number of aromatic amines is 1. The highest BCUT2D eigenvalue weighted by atomic mass is 35.5. The van der Waals surface area contributed by atoms with Crippen LogP contribution in [0.4, 0.5) is 4.39 Å². The van der Waals surface area contributed by atoms with E-state index in [1.54, 1.807) is 23.9 Å². The van der Waals surface area contributed by atoms with Gasteiger partial charge in [-0.15, -0.1) is 0 Å². The van der Waals surface area contributed by atoms with Gasteiger partial charge in [0.25, 0.3) is 0 Å². The highest BCUT2D eigenvalue weighted by Crippen LogP contribution is 2.43. The number of halogens is 2. The number of aliphatic hydroxyl groups excluding tert-OH is 2. The van der Waals surface area contributed by atoms with Gasteiger partial charge in [0.1, 0.15) is 35.4 Å². The maximum absolute atomic E-state index is 13.8. The van der Waals surface area contributed by atoms with E-state index in [0.717, 1.165) is 6.07 Å². The molecule has 1 aliphatic rings. The third kappa shape index (κ3) is 3.26. The van der Waals surface area contributed by atoms with Gasteiger partial charge in [0, 0.05) is 13.2 Å². The van der Waals surface area contributed by atoms with Gasteiger partial charge in [-0.3, -0.25) is 0 Å². The number of rotatable bonds is 4. The first-order valence-electron chi connectivity index (χ1n) is 9.19. The third-order valence-electron chi connectivity index (χ3n) is 5.34. The number of nitrogens with one attached hydrogen (secondary N) is 2. The Bertz CT molecular complexity index is 1150. The van der Waals surface area contributed by atoms with Gasteiger partial charge in [0.2, 0.25) is 0 Å². The summed E-state index contributed by atoms with van der Waals surface area (Å²) >= 11 is 5.70. The van der Waals surface area contributed by atoms with Crippen LogP contribution in [0.25, 0.3) is 11.0 Å². The predicted octanol–water partition coefficient (Wildman–Crippen LogP) is 0.935. The normalized spacial score (nSPS) is 28.2. The maximum atomic E-state index is 13.8. The minimum Gasteiger partial charge on any atom is -0.386 e. The summed E-state index contributed by atoms with van der Waals surface area (Å²) in [7, 11) is 1.65. The van der Waals surface area contributed by atoms with Crippen LogP contribution in [0.2, 0.25) is 5.02 Å². The highest BCUT2D eigenvalue weighted by molar-refractivity contribution is 6.30. The molecule has 160 valence electrons. The van der Waals surface area contributed by atoms with E-state index < -0.39 is 36.0 Å². The molecule has 30 heavy (non-hydrogen) atoms. The van der Waals surface area contributed by atoms with Crippen LogP contribution in [-0.2, 0) is 4.74 Å². The second-order valence-corrected chi connectivity index (χ2v) is 7.69. The minimum atomic E-state index is -1.83. The predicted molar refractivity (Wildman–Crippen MR) is 106 cm³/mol. The molecule has 0 spiro atoms. The zero-order chi connectivity index (χ0) is 21.6. The van der Waals surface area contributed by atoms with E-state index in [4.69, 9.17) is 16.3 Å². The summed E-state index contributed by atoms with van der Waals surface area (Å²) in [6.45, 7) is 1.36. The Morgan fingerprint density at radius 2 is 2.20 bits per heavy atom. The molecule has 11 heteroatoms. The van der Waals surface area contributed by atoms with Gasteiger partial charge in [-0.2, -0.15) is 5.10 Å². The molecular formula is C19H21ClFN5O4. The second kappa shape index (κ2) is 7.64. The fourth-order valence-corrected chi connectivity index (χ4v) is 3.83. The molecule has 0 radical (unpaired) electrons. The van der Waals surface area contributed by atoms with Crippen molar-refractivity contribution >= 4 is 22.6 Å². The first-order chi connectivity index (χ1) is 14.3. The summed E-state index contributed by atoms with van der Waals surface area (Å²) < 4.78 is 21.3. The number of fused-ring (bicyclic) bond motifs is 1. The Balaban J connectivity index is 1.72. The van der Waals surface area contributed by atoms with E-state index in [9.17, 15) is 19.7 Å². The molecule has 0 unspecified atom stereocenters. The van der Waals surface area contributed by atoms with Gasteiger partial charge in [-0.05, 0) is 30.7 Å². The highest BCUT2D eigenvalue weighted by Gasteiger charge is 2.55. The molecule has 0 amide bonds. The van der Waals surface area contributed by atoms with Crippen LogP contribution in [0, 0.1) is 5.82 Å². The van der Waals surface area contributed by atoms with Gasteiger partial charge < -0.3 is 35.0 Å². The average Bonchev–Trinajstić information content (AvgIpc) is 3.24. The molecule has 5 atom stereocenters. The zero-order valence-corrected chi connectivity index (χ0v) is 16.9. The van der Waals surface area contributed by atoms with Crippen molar-refractivity contribution in [3.8, 4) is 0 Å². The second-order valence-electron chi connectivity index (χ2n) is 7.28. The molecule has 3 aromatic rings. The summed E-state index contributed by atoms with van der Waals surface area (Å²) in [5.41, 5.74) is 1.98. The summed E-state index contributed by atoms with van der Waals surface area (Å²) in [5.74, 6) is -0.706. The van der Waals surface area contributed by atoms with Crippen molar-refractivity contribution in [3.63, 3.8) is 0 Å². The van der Waals surface area contributed by atoms with Crippen molar-refractivity contribution in [1.29, 1.82) is 0 Å². The number of aromatic nitrogens is 3. The molecule has 1 saturated heterocycles. The van der Waals surface area contributed by atoms with Crippen LogP contribution >= 0.6 is 11.6 Å². The number of nitrogens with zero attached hydrogens (tertiary/aromatic N) is 3.